The van der Waals surface area contributed by atoms with E-state index >= 15 is 0 Å². The summed E-state index contributed by atoms with van der Waals surface area (Å²) in [6.45, 7) is 3.55. The number of fused-ring (bicyclic) bond motifs is 1. The number of nitrogens with zero attached hydrogens (tertiary/aromatic N) is 4. The molecule has 0 aliphatic carbocycles. The van der Waals surface area contributed by atoms with Gasteiger partial charge in [-0.1, -0.05) is 30.0 Å². The summed E-state index contributed by atoms with van der Waals surface area (Å²) in [5.41, 5.74) is 2.88. The molecule has 9 heteroatoms. The zero-order valence-electron chi connectivity index (χ0n) is 23.1. The largest absolute Gasteiger partial charge is 0.416 e. The van der Waals surface area contributed by atoms with Crippen LogP contribution in [-0.4, -0.2) is 58.9 Å². The van der Waals surface area contributed by atoms with Gasteiger partial charge in [-0.15, -0.1) is 0 Å². The summed E-state index contributed by atoms with van der Waals surface area (Å²) in [6, 6.07) is 15.0. The summed E-state index contributed by atoms with van der Waals surface area (Å²) in [5, 5.41) is 3.45. The Balaban J connectivity index is 1.35. The van der Waals surface area contributed by atoms with Crippen molar-refractivity contribution in [2.45, 2.75) is 32.1 Å². The van der Waals surface area contributed by atoms with Crippen molar-refractivity contribution in [1.82, 2.24) is 19.8 Å². The molecule has 0 spiro atoms. The number of hydrogen-bond acceptors (Lipinski definition) is 5. The fraction of sp³-hybridized carbons (Fsp3) is 0.281. The predicted octanol–water partition coefficient (Wildman–Crippen LogP) is 5.75. The van der Waals surface area contributed by atoms with Crippen molar-refractivity contribution >= 4 is 22.5 Å². The van der Waals surface area contributed by atoms with Crippen LogP contribution < -0.4 is 5.32 Å². The van der Waals surface area contributed by atoms with Crippen molar-refractivity contribution in [3.05, 3.63) is 101 Å². The number of nitrogens with one attached hydrogen (secondary N) is 1. The molecule has 0 bridgehead atoms. The molecule has 3 aromatic carbocycles. The van der Waals surface area contributed by atoms with Crippen LogP contribution in [0.4, 0.5) is 18.9 Å². The van der Waals surface area contributed by atoms with Crippen molar-refractivity contribution in [3.8, 4) is 11.8 Å². The van der Waals surface area contributed by atoms with E-state index in [1.165, 1.54) is 18.5 Å². The maximum Gasteiger partial charge on any atom is 0.416 e. The first-order chi connectivity index (χ1) is 19.6. The highest BCUT2D eigenvalue weighted by atomic mass is 19.4. The van der Waals surface area contributed by atoms with Gasteiger partial charge in [-0.25, -0.2) is 9.97 Å². The molecule has 210 valence electrons. The molecule has 1 amide bonds. The van der Waals surface area contributed by atoms with E-state index in [9.17, 15) is 18.0 Å². The second-order valence-electron chi connectivity index (χ2n) is 10.5. The number of alkyl halides is 3. The zero-order valence-corrected chi connectivity index (χ0v) is 23.1. The number of carbonyl (C=O) groups excluding carboxylic acids is 1. The summed E-state index contributed by atoms with van der Waals surface area (Å²) in [7, 11) is 3.97. The Morgan fingerprint density at radius 1 is 1.10 bits per heavy atom. The molecule has 1 aromatic heterocycles. The maximum absolute atomic E-state index is 14.0. The topological polar surface area (TPSA) is 61.4 Å². The number of carbonyl (C=O) groups is 1. The van der Waals surface area contributed by atoms with Gasteiger partial charge in [0.25, 0.3) is 5.91 Å². The molecular weight excluding hydrogens is 527 g/mol. The molecule has 2 heterocycles. The normalized spacial score (nSPS) is 15.6. The molecule has 1 saturated heterocycles. The van der Waals surface area contributed by atoms with Gasteiger partial charge in [0.2, 0.25) is 0 Å². The third-order valence-corrected chi connectivity index (χ3v) is 7.43. The number of aromatic nitrogens is 2. The van der Waals surface area contributed by atoms with Crippen molar-refractivity contribution in [2.75, 3.05) is 32.5 Å². The minimum atomic E-state index is -4.55. The Hall–Kier alpha value is -4.26. The summed E-state index contributed by atoms with van der Waals surface area (Å²) >= 11 is 0. The highest BCUT2D eigenvalue weighted by molar-refractivity contribution is 6.04. The van der Waals surface area contributed by atoms with Crippen LogP contribution in [-0.2, 0) is 12.7 Å². The van der Waals surface area contributed by atoms with Crippen LogP contribution in [0.1, 0.15) is 44.6 Å². The third-order valence-electron chi connectivity index (χ3n) is 7.43. The maximum atomic E-state index is 14.0. The van der Waals surface area contributed by atoms with E-state index < -0.39 is 17.6 Å². The highest BCUT2D eigenvalue weighted by Gasteiger charge is 2.35. The third kappa shape index (κ3) is 6.56. The molecule has 0 unspecified atom stereocenters. The van der Waals surface area contributed by atoms with Crippen molar-refractivity contribution in [2.24, 2.45) is 0 Å². The van der Waals surface area contributed by atoms with E-state index in [2.05, 4.69) is 32.0 Å². The van der Waals surface area contributed by atoms with E-state index in [4.69, 9.17) is 0 Å². The van der Waals surface area contributed by atoms with Crippen LogP contribution in [0.2, 0.25) is 0 Å². The number of hydrogen-bond donors (Lipinski definition) is 1. The van der Waals surface area contributed by atoms with Gasteiger partial charge in [0.05, 0.1) is 11.1 Å². The molecule has 41 heavy (non-hydrogen) atoms. The molecule has 1 aliphatic rings. The van der Waals surface area contributed by atoms with Gasteiger partial charge >= 0.3 is 6.18 Å². The van der Waals surface area contributed by atoms with Crippen LogP contribution >= 0.6 is 0 Å². The van der Waals surface area contributed by atoms with Gasteiger partial charge in [0.1, 0.15) is 6.33 Å². The van der Waals surface area contributed by atoms with Gasteiger partial charge in [-0.2, -0.15) is 13.2 Å². The number of rotatable bonds is 5. The fourth-order valence-electron chi connectivity index (χ4n) is 5.02. The van der Waals surface area contributed by atoms with Gasteiger partial charge < -0.3 is 10.2 Å². The first-order valence-corrected chi connectivity index (χ1v) is 13.3. The fourth-order valence-corrected chi connectivity index (χ4v) is 5.02. The Kier molecular flexibility index (Phi) is 8.06. The molecule has 0 radical (unpaired) electrons. The minimum absolute atomic E-state index is 0.0858. The lowest BCUT2D eigenvalue weighted by Gasteiger charge is -2.22. The zero-order chi connectivity index (χ0) is 29.1. The standard InChI is InChI=1S/C32H30F3N5O/c1-21-7-8-24(15-23(21)10-9-22-5-4-6-30-28(22)17-36-20-37-30)31(41)38-26-12-11-25(29(16-26)32(33,34)35)18-40-14-13-27(19-40)39(2)3/h4-8,11-12,15-17,20,27H,13-14,18-19H2,1-3H3,(H,38,41)/t27-/m1/s1. The molecular formula is C32H30F3N5O. The molecule has 1 N–H and O–H groups in total. The average Bonchev–Trinajstić information content (AvgIpc) is 3.42. The number of amides is 1. The lowest BCUT2D eigenvalue weighted by molar-refractivity contribution is -0.138. The smallest absolute Gasteiger partial charge is 0.322 e. The van der Waals surface area contributed by atoms with E-state index in [0.29, 0.717) is 17.2 Å². The Morgan fingerprint density at radius 2 is 1.90 bits per heavy atom. The van der Waals surface area contributed by atoms with E-state index in [1.807, 2.05) is 44.1 Å². The van der Waals surface area contributed by atoms with Crippen LogP contribution in [0.15, 0.2) is 67.1 Å². The van der Waals surface area contributed by atoms with Crippen molar-refractivity contribution in [3.63, 3.8) is 0 Å². The number of likely N-dealkylation sites (tertiary alicyclic amines) is 1. The van der Waals surface area contributed by atoms with E-state index in [1.54, 1.807) is 24.4 Å². The lowest BCUT2D eigenvalue weighted by Crippen LogP contribution is -2.31. The van der Waals surface area contributed by atoms with E-state index in [0.717, 1.165) is 47.6 Å². The van der Waals surface area contributed by atoms with Crippen LogP contribution in [0, 0.1) is 18.8 Å². The highest BCUT2D eigenvalue weighted by Crippen LogP contribution is 2.35. The summed E-state index contributed by atoms with van der Waals surface area (Å²) in [6.07, 6.45) is -0.446. The lowest BCUT2D eigenvalue weighted by atomic mass is 10.0. The van der Waals surface area contributed by atoms with Crippen molar-refractivity contribution in [1.29, 1.82) is 0 Å². The Morgan fingerprint density at radius 3 is 2.66 bits per heavy atom. The van der Waals surface area contributed by atoms with Gasteiger partial charge in [-0.3, -0.25) is 9.69 Å². The molecule has 6 nitrogen and oxygen atoms in total. The van der Waals surface area contributed by atoms with Crippen LogP contribution in [0.5, 0.6) is 0 Å². The van der Waals surface area contributed by atoms with Crippen LogP contribution in [0.25, 0.3) is 10.9 Å². The molecule has 1 fully saturated rings. The summed E-state index contributed by atoms with van der Waals surface area (Å²) < 4.78 is 42.1. The Bertz CT molecular complexity index is 1650. The molecule has 1 aliphatic heterocycles. The monoisotopic (exact) mass is 557 g/mol. The first kappa shape index (κ1) is 28.3. The molecule has 1 atom stereocenters. The SMILES string of the molecule is Cc1ccc(C(=O)Nc2ccc(CN3CC[C@@H](N(C)C)C3)c(C(F)(F)F)c2)cc1C#Cc1cccc2ncncc12. The van der Waals surface area contributed by atoms with Gasteiger partial charge in [0.15, 0.2) is 0 Å². The number of likely N-dealkylation sites (N-methyl/N-ethyl adjacent to an activating group) is 1. The Labute approximate surface area is 237 Å². The van der Waals surface area contributed by atoms with Gasteiger partial charge in [-0.05, 0) is 75.0 Å². The van der Waals surface area contributed by atoms with Crippen molar-refractivity contribution < 1.29 is 18.0 Å². The number of halogens is 3. The minimum Gasteiger partial charge on any atom is -0.322 e. The number of benzene rings is 3. The predicted molar refractivity (Wildman–Crippen MR) is 153 cm³/mol. The molecule has 0 saturated carbocycles. The summed E-state index contributed by atoms with van der Waals surface area (Å²) in [4.78, 5) is 25.5. The second-order valence-corrected chi connectivity index (χ2v) is 10.5. The average molecular weight is 558 g/mol. The molecule has 4 aromatic rings. The number of aryl methyl sites for hydroxylation is 1. The second kappa shape index (κ2) is 11.7. The number of anilines is 1. The summed E-state index contributed by atoms with van der Waals surface area (Å²) in [5.74, 6) is 5.74. The van der Waals surface area contributed by atoms with Gasteiger partial charge in [0, 0.05) is 59.6 Å². The van der Waals surface area contributed by atoms with Crippen LogP contribution in [0.3, 0.4) is 0 Å². The quantitative estimate of drug-likeness (QED) is 0.317. The molecule has 5 rings (SSSR count). The first-order valence-electron chi connectivity index (χ1n) is 13.3. The van der Waals surface area contributed by atoms with E-state index in [-0.39, 0.29) is 17.8 Å².